The lowest BCUT2D eigenvalue weighted by Gasteiger charge is -2.09. The second-order valence-electron chi connectivity index (χ2n) is 5.33. The summed E-state index contributed by atoms with van der Waals surface area (Å²) in [6.45, 7) is 4.05. The van der Waals surface area contributed by atoms with E-state index in [1.165, 1.54) is 10.4 Å². The Morgan fingerprint density at radius 3 is 2.41 bits per heavy atom. The first-order valence-corrected chi connectivity index (χ1v) is 8.04. The standard InChI is InChI=1S/C19H17NOS/c1-13-5-10-17(14(2)12-13)20-19(21)16-8-6-15(7-9-16)18-4-3-11-22-18/h3-12H,1-2H3,(H,20,21). The minimum atomic E-state index is -0.0790. The van der Waals surface area contributed by atoms with Crippen molar-refractivity contribution in [2.45, 2.75) is 13.8 Å². The number of thiophene rings is 1. The second kappa shape index (κ2) is 6.16. The highest BCUT2D eigenvalue weighted by atomic mass is 32.1. The van der Waals surface area contributed by atoms with Crippen molar-refractivity contribution >= 4 is 22.9 Å². The molecule has 0 atom stereocenters. The first-order chi connectivity index (χ1) is 10.6. The lowest BCUT2D eigenvalue weighted by atomic mass is 10.1. The fraction of sp³-hybridized carbons (Fsp3) is 0.105. The number of hydrogen-bond acceptors (Lipinski definition) is 2. The van der Waals surface area contributed by atoms with Gasteiger partial charge in [0.25, 0.3) is 5.91 Å². The summed E-state index contributed by atoms with van der Waals surface area (Å²) in [7, 11) is 0. The molecule has 0 aliphatic rings. The molecule has 1 amide bonds. The molecule has 0 radical (unpaired) electrons. The smallest absolute Gasteiger partial charge is 0.255 e. The molecule has 22 heavy (non-hydrogen) atoms. The molecule has 1 heterocycles. The molecule has 0 aliphatic heterocycles. The number of nitrogens with one attached hydrogen (secondary N) is 1. The van der Waals surface area contributed by atoms with Gasteiger partial charge in [-0.1, -0.05) is 35.9 Å². The van der Waals surface area contributed by atoms with E-state index in [4.69, 9.17) is 0 Å². The van der Waals surface area contributed by atoms with Crippen LogP contribution >= 0.6 is 11.3 Å². The van der Waals surface area contributed by atoms with Gasteiger partial charge in [0, 0.05) is 16.1 Å². The molecule has 3 rings (SSSR count). The molecule has 1 aromatic heterocycles. The topological polar surface area (TPSA) is 29.1 Å². The fourth-order valence-electron chi connectivity index (χ4n) is 2.38. The maximum Gasteiger partial charge on any atom is 0.255 e. The monoisotopic (exact) mass is 307 g/mol. The molecule has 0 spiro atoms. The normalized spacial score (nSPS) is 10.5. The van der Waals surface area contributed by atoms with Gasteiger partial charge in [-0.2, -0.15) is 0 Å². The number of benzene rings is 2. The minimum Gasteiger partial charge on any atom is -0.322 e. The first-order valence-electron chi connectivity index (χ1n) is 7.16. The first kappa shape index (κ1) is 14.5. The molecule has 2 nitrogen and oxygen atoms in total. The molecule has 110 valence electrons. The van der Waals surface area contributed by atoms with Gasteiger partial charge in [-0.05, 0) is 54.6 Å². The van der Waals surface area contributed by atoms with Crippen LogP contribution in [0.15, 0.2) is 60.0 Å². The summed E-state index contributed by atoms with van der Waals surface area (Å²) in [6.07, 6.45) is 0. The van der Waals surface area contributed by atoms with Crippen LogP contribution in [0.4, 0.5) is 5.69 Å². The van der Waals surface area contributed by atoms with Crippen molar-refractivity contribution in [3.05, 3.63) is 76.7 Å². The number of hydrogen-bond donors (Lipinski definition) is 1. The van der Waals surface area contributed by atoms with E-state index < -0.39 is 0 Å². The van der Waals surface area contributed by atoms with Gasteiger partial charge in [-0.25, -0.2) is 0 Å². The molecule has 3 aromatic rings. The van der Waals surface area contributed by atoms with Crippen LogP contribution in [0.5, 0.6) is 0 Å². The van der Waals surface area contributed by atoms with Crippen LogP contribution in [0, 0.1) is 13.8 Å². The summed E-state index contributed by atoms with van der Waals surface area (Å²) >= 11 is 1.70. The zero-order valence-corrected chi connectivity index (χ0v) is 13.4. The largest absolute Gasteiger partial charge is 0.322 e. The summed E-state index contributed by atoms with van der Waals surface area (Å²) < 4.78 is 0. The summed E-state index contributed by atoms with van der Waals surface area (Å²) in [5.41, 5.74) is 4.93. The Morgan fingerprint density at radius 1 is 1.00 bits per heavy atom. The molecule has 3 heteroatoms. The van der Waals surface area contributed by atoms with E-state index in [0.717, 1.165) is 16.8 Å². The summed E-state index contributed by atoms with van der Waals surface area (Å²) in [5, 5.41) is 5.02. The lowest BCUT2D eigenvalue weighted by molar-refractivity contribution is 0.102. The predicted molar refractivity (Wildman–Crippen MR) is 93.6 cm³/mol. The van der Waals surface area contributed by atoms with Crippen LogP contribution in [0.1, 0.15) is 21.5 Å². The third-order valence-corrected chi connectivity index (χ3v) is 4.50. The molecule has 0 aliphatic carbocycles. The van der Waals surface area contributed by atoms with E-state index in [1.807, 2.05) is 56.3 Å². The minimum absolute atomic E-state index is 0.0790. The predicted octanol–water partition coefficient (Wildman–Crippen LogP) is 5.28. The molecule has 0 unspecified atom stereocenters. The van der Waals surface area contributed by atoms with Gasteiger partial charge in [-0.15, -0.1) is 11.3 Å². The number of anilines is 1. The highest BCUT2D eigenvalue weighted by Crippen LogP contribution is 2.25. The summed E-state index contributed by atoms with van der Waals surface area (Å²) in [6, 6.07) is 17.8. The Labute approximate surface area is 134 Å². The van der Waals surface area contributed by atoms with Gasteiger partial charge in [-0.3, -0.25) is 4.79 Å². The highest BCUT2D eigenvalue weighted by molar-refractivity contribution is 7.13. The molecule has 2 aromatic carbocycles. The van der Waals surface area contributed by atoms with E-state index in [9.17, 15) is 4.79 Å². The Morgan fingerprint density at radius 2 is 1.77 bits per heavy atom. The van der Waals surface area contributed by atoms with E-state index in [0.29, 0.717) is 5.56 Å². The van der Waals surface area contributed by atoms with E-state index in [-0.39, 0.29) is 5.91 Å². The van der Waals surface area contributed by atoms with Crippen LogP contribution < -0.4 is 5.32 Å². The third kappa shape index (κ3) is 3.10. The van der Waals surface area contributed by atoms with Gasteiger partial charge in [0.15, 0.2) is 0 Å². The van der Waals surface area contributed by atoms with Crippen LogP contribution in [0.2, 0.25) is 0 Å². The molecule has 0 fully saturated rings. The number of carbonyl (C=O) groups is 1. The second-order valence-corrected chi connectivity index (χ2v) is 6.27. The van der Waals surface area contributed by atoms with Crippen LogP contribution in [-0.4, -0.2) is 5.91 Å². The molecular formula is C19H17NOS. The van der Waals surface area contributed by atoms with Crippen molar-refractivity contribution in [1.29, 1.82) is 0 Å². The van der Waals surface area contributed by atoms with Crippen molar-refractivity contribution in [2.75, 3.05) is 5.32 Å². The molecule has 0 bridgehead atoms. The maximum atomic E-state index is 12.3. The average Bonchev–Trinajstić information content (AvgIpc) is 3.04. The maximum absolute atomic E-state index is 12.3. The third-order valence-electron chi connectivity index (χ3n) is 3.58. The fourth-order valence-corrected chi connectivity index (χ4v) is 3.11. The van der Waals surface area contributed by atoms with E-state index >= 15 is 0 Å². The van der Waals surface area contributed by atoms with Crippen molar-refractivity contribution in [1.82, 2.24) is 0 Å². The van der Waals surface area contributed by atoms with Crippen molar-refractivity contribution in [2.24, 2.45) is 0 Å². The molecule has 1 N–H and O–H groups in total. The Hall–Kier alpha value is -2.39. The van der Waals surface area contributed by atoms with Crippen molar-refractivity contribution < 1.29 is 4.79 Å². The highest BCUT2D eigenvalue weighted by Gasteiger charge is 2.08. The molecule has 0 saturated carbocycles. The zero-order valence-electron chi connectivity index (χ0n) is 12.6. The van der Waals surface area contributed by atoms with Crippen molar-refractivity contribution in [3.8, 4) is 10.4 Å². The Bertz CT molecular complexity index is 789. The van der Waals surface area contributed by atoms with Crippen LogP contribution in [-0.2, 0) is 0 Å². The van der Waals surface area contributed by atoms with Gasteiger partial charge in [0.05, 0.1) is 0 Å². The Kier molecular flexibility index (Phi) is 4.07. The number of amides is 1. The summed E-state index contributed by atoms with van der Waals surface area (Å²) in [5.74, 6) is -0.0790. The van der Waals surface area contributed by atoms with Gasteiger partial charge in [0.2, 0.25) is 0 Å². The van der Waals surface area contributed by atoms with Gasteiger partial charge in [0.1, 0.15) is 0 Å². The Balaban J connectivity index is 1.77. The molecular weight excluding hydrogens is 290 g/mol. The van der Waals surface area contributed by atoms with Gasteiger partial charge >= 0.3 is 0 Å². The number of aryl methyl sites for hydroxylation is 2. The quantitative estimate of drug-likeness (QED) is 0.700. The van der Waals surface area contributed by atoms with E-state index in [1.54, 1.807) is 11.3 Å². The van der Waals surface area contributed by atoms with E-state index in [2.05, 4.69) is 22.8 Å². The van der Waals surface area contributed by atoms with Crippen LogP contribution in [0.25, 0.3) is 10.4 Å². The molecule has 0 saturated heterocycles. The number of rotatable bonds is 3. The average molecular weight is 307 g/mol. The summed E-state index contributed by atoms with van der Waals surface area (Å²) in [4.78, 5) is 13.6. The van der Waals surface area contributed by atoms with Crippen molar-refractivity contribution in [3.63, 3.8) is 0 Å². The number of carbonyl (C=O) groups excluding carboxylic acids is 1. The lowest BCUT2D eigenvalue weighted by Crippen LogP contribution is -2.12. The van der Waals surface area contributed by atoms with Gasteiger partial charge < -0.3 is 5.32 Å². The van der Waals surface area contributed by atoms with Crippen LogP contribution in [0.3, 0.4) is 0 Å². The zero-order chi connectivity index (χ0) is 15.5. The SMILES string of the molecule is Cc1ccc(NC(=O)c2ccc(-c3cccs3)cc2)c(C)c1.